The molecule has 0 bridgehead atoms. The number of halogens is 2. The molecule has 0 spiro atoms. The Bertz CT molecular complexity index is 483. The van der Waals surface area contributed by atoms with Gasteiger partial charge < -0.3 is 14.2 Å². The van der Waals surface area contributed by atoms with Gasteiger partial charge in [-0.1, -0.05) is 23.2 Å². The summed E-state index contributed by atoms with van der Waals surface area (Å²) in [5.74, 6) is 0.570. The summed E-state index contributed by atoms with van der Waals surface area (Å²) in [4.78, 5) is 11.8. The lowest BCUT2D eigenvalue weighted by atomic mass is 10.1. The van der Waals surface area contributed by atoms with Gasteiger partial charge in [-0.15, -0.1) is 0 Å². The second-order valence-corrected chi connectivity index (χ2v) is 3.79. The number of ether oxygens (including phenoxy) is 3. The zero-order chi connectivity index (χ0) is 13.7. The Morgan fingerprint density at radius 1 is 1.17 bits per heavy atom. The van der Waals surface area contributed by atoms with Gasteiger partial charge in [0.15, 0.2) is 17.3 Å². The lowest BCUT2D eigenvalue weighted by Gasteiger charge is -2.15. The maximum Gasteiger partial charge on any atom is 0.204 e. The molecule has 98 valence electrons. The highest BCUT2D eigenvalue weighted by atomic mass is 35.5. The van der Waals surface area contributed by atoms with Crippen LogP contribution >= 0.6 is 23.2 Å². The van der Waals surface area contributed by atoms with E-state index < -0.39 is 0 Å². The van der Waals surface area contributed by atoms with Gasteiger partial charge >= 0.3 is 0 Å². The second-order valence-electron chi connectivity index (χ2n) is 3.16. The van der Waals surface area contributed by atoms with Gasteiger partial charge in [-0.3, -0.25) is 4.79 Å². The molecule has 6 heteroatoms. The fourth-order valence-electron chi connectivity index (χ4n) is 1.45. The normalized spacial score (nSPS) is 10.5. The van der Waals surface area contributed by atoms with Crippen molar-refractivity contribution in [1.29, 1.82) is 0 Å². The number of hydrogen-bond donors (Lipinski definition) is 0. The van der Waals surface area contributed by atoms with Crippen molar-refractivity contribution in [3.63, 3.8) is 0 Å². The molecule has 0 aliphatic heterocycles. The Morgan fingerprint density at radius 2 is 1.78 bits per heavy atom. The Kier molecular flexibility index (Phi) is 5.31. The lowest BCUT2D eigenvalue weighted by Crippen LogP contribution is -2.02. The molecule has 4 nitrogen and oxygen atoms in total. The molecule has 0 radical (unpaired) electrons. The highest BCUT2D eigenvalue weighted by Gasteiger charge is 2.21. The molecule has 0 unspecified atom stereocenters. The summed E-state index contributed by atoms with van der Waals surface area (Å²) in [6, 6.07) is 1.48. The quantitative estimate of drug-likeness (QED) is 0.616. The van der Waals surface area contributed by atoms with Crippen molar-refractivity contribution in [2.45, 2.75) is 0 Å². The van der Waals surface area contributed by atoms with Gasteiger partial charge in [0.05, 0.1) is 26.4 Å². The van der Waals surface area contributed by atoms with E-state index >= 15 is 0 Å². The smallest absolute Gasteiger partial charge is 0.204 e. The van der Waals surface area contributed by atoms with E-state index in [1.807, 2.05) is 0 Å². The molecule has 0 N–H and O–H groups in total. The summed E-state index contributed by atoms with van der Waals surface area (Å²) in [6.45, 7) is 0. The van der Waals surface area contributed by atoms with Crippen LogP contribution in [0.25, 0.3) is 0 Å². The van der Waals surface area contributed by atoms with Crippen LogP contribution in [0.5, 0.6) is 17.2 Å². The van der Waals surface area contributed by atoms with Crippen molar-refractivity contribution in [3.05, 3.63) is 28.3 Å². The summed E-state index contributed by atoms with van der Waals surface area (Å²) < 4.78 is 15.4. The van der Waals surface area contributed by atoms with E-state index in [4.69, 9.17) is 37.4 Å². The third-order valence-electron chi connectivity index (χ3n) is 2.25. The van der Waals surface area contributed by atoms with Crippen molar-refractivity contribution in [2.24, 2.45) is 0 Å². The van der Waals surface area contributed by atoms with Gasteiger partial charge in [-0.25, -0.2) is 0 Å². The molecular formula is C12H12Cl2O4. The molecule has 1 rings (SSSR count). The number of methoxy groups -OCH3 is 3. The zero-order valence-electron chi connectivity index (χ0n) is 10.1. The minimum Gasteiger partial charge on any atom is -0.493 e. The van der Waals surface area contributed by atoms with Crippen LogP contribution in [-0.4, -0.2) is 27.1 Å². The molecule has 0 fully saturated rings. The van der Waals surface area contributed by atoms with Crippen LogP contribution in [0, 0.1) is 0 Å². The van der Waals surface area contributed by atoms with Gasteiger partial charge in [0.2, 0.25) is 5.75 Å². The van der Waals surface area contributed by atoms with Crippen LogP contribution < -0.4 is 14.2 Å². The van der Waals surface area contributed by atoms with Crippen LogP contribution in [0.4, 0.5) is 0 Å². The SMILES string of the molecule is COc1cc(C(=O)/C=C/Cl)c(Cl)c(OC)c1OC. The third kappa shape index (κ3) is 2.71. The molecule has 0 aliphatic rings. The molecule has 1 aromatic rings. The van der Waals surface area contributed by atoms with Gasteiger partial charge in [0.1, 0.15) is 0 Å². The van der Waals surface area contributed by atoms with Crippen molar-refractivity contribution < 1.29 is 19.0 Å². The van der Waals surface area contributed by atoms with Crippen LogP contribution in [0.1, 0.15) is 10.4 Å². The summed E-state index contributed by atoms with van der Waals surface area (Å²) in [6.07, 6.45) is 1.19. The number of carbonyl (C=O) groups excluding carboxylic acids is 1. The van der Waals surface area contributed by atoms with Gasteiger partial charge in [-0.05, 0) is 12.1 Å². The molecule has 0 saturated carbocycles. The Balaban J connectivity index is 3.51. The predicted octanol–water partition coefficient (Wildman–Crippen LogP) is 3.30. The van der Waals surface area contributed by atoms with E-state index in [-0.39, 0.29) is 22.1 Å². The Morgan fingerprint density at radius 3 is 2.22 bits per heavy atom. The summed E-state index contributed by atoms with van der Waals surface area (Å²) in [7, 11) is 4.34. The highest BCUT2D eigenvalue weighted by Crippen LogP contribution is 2.44. The summed E-state index contributed by atoms with van der Waals surface area (Å²) in [5, 5.41) is 0.148. The van der Waals surface area contributed by atoms with Crippen molar-refractivity contribution in [3.8, 4) is 17.2 Å². The van der Waals surface area contributed by atoms with Crippen molar-refractivity contribution >= 4 is 29.0 Å². The van der Waals surface area contributed by atoms with E-state index in [0.29, 0.717) is 11.5 Å². The first-order valence-corrected chi connectivity index (χ1v) is 5.71. The van der Waals surface area contributed by atoms with Crippen LogP contribution in [0.15, 0.2) is 17.7 Å². The van der Waals surface area contributed by atoms with Crippen LogP contribution in [-0.2, 0) is 0 Å². The minimum atomic E-state index is -0.353. The Hall–Kier alpha value is -1.39. The highest BCUT2D eigenvalue weighted by molar-refractivity contribution is 6.37. The molecule has 0 aromatic heterocycles. The van der Waals surface area contributed by atoms with Crippen molar-refractivity contribution in [1.82, 2.24) is 0 Å². The molecule has 18 heavy (non-hydrogen) atoms. The fraction of sp³-hybridized carbons (Fsp3) is 0.250. The van der Waals surface area contributed by atoms with E-state index in [0.717, 1.165) is 5.54 Å². The van der Waals surface area contributed by atoms with Crippen LogP contribution in [0.2, 0.25) is 5.02 Å². The Labute approximate surface area is 115 Å². The third-order valence-corrected chi connectivity index (χ3v) is 2.75. The van der Waals surface area contributed by atoms with Crippen LogP contribution in [0.3, 0.4) is 0 Å². The molecule has 0 atom stereocenters. The summed E-state index contributed by atoms with van der Waals surface area (Å²) >= 11 is 11.5. The first kappa shape index (κ1) is 14.7. The van der Waals surface area contributed by atoms with E-state index in [2.05, 4.69) is 0 Å². The molecule has 1 aromatic carbocycles. The first-order chi connectivity index (χ1) is 8.60. The zero-order valence-corrected chi connectivity index (χ0v) is 11.6. The predicted molar refractivity (Wildman–Crippen MR) is 70.4 cm³/mol. The number of ketones is 1. The molecule has 0 saturated heterocycles. The number of carbonyl (C=O) groups is 1. The van der Waals surface area contributed by atoms with Gasteiger partial charge in [0, 0.05) is 11.1 Å². The van der Waals surface area contributed by atoms with Crippen molar-refractivity contribution in [2.75, 3.05) is 21.3 Å². The van der Waals surface area contributed by atoms with E-state index in [1.165, 1.54) is 33.5 Å². The minimum absolute atomic E-state index is 0.148. The van der Waals surface area contributed by atoms with E-state index in [9.17, 15) is 4.79 Å². The number of rotatable bonds is 5. The molecule has 0 amide bonds. The molecular weight excluding hydrogens is 279 g/mol. The lowest BCUT2D eigenvalue weighted by molar-refractivity contribution is 0.104. The van der Waals surface area contributed by atoms with Gasteiger partial charge in [-0.2, -0.15) is 0 Å². The number of allylic oxidation sites excluding steroid dienone is 1. The monoisotopic (exact) mass is 290 g/mol. The second kappa shape index (κ2) is 6.52. The average Bonchev–Trinajstić information content (AvgIpc) is 2.38. The standard InChI is InChI=1S/C12H12Cl2O4/c1-16-9-6-7(8(15)4-5-13)10(14)12(18-3)11(9)17-2/h4-6H,1-3H3/b5-4+. The maximum atomic E-state index is 11.8. The maximum absolute atomic E-state index is 11.8. The first-order valence-electron chi connectivity index (χ1n) is 4.90. The fourth-order valence-corrected chi connectivity index (χ4v) is 1.87. The van der Waals surface area contributed by atoms with Gasteiger partial charge in [0.25, 0.3) is 0 Å². The number of hydrogen-bond acceptors (Lipinski definition) is 4. The molecule has 0 aliphatic carbocycles. The number of benzene rings is 1. The topological polar surface area (TPSA) is 44.8 Å². The largest absolute Gasteiger partial charge is 0.493 e. The molecule has 0 heterocycles. The summed E-state index contributed by atoms with van der Waals surface area (Å²) in [5.41, 5.74) is 1.34. The average molecular weight is 291 g/mol. The van der Waals surface area contributed by atoms with E-state index in [1.54, 1.807) is 0 Å².